The number of rotatable bonds is 1. The minimum atomic E-state index is -2.74. The third kappa shape index (κ3) is 2.38. The predicted octanol–water partition coefficient (Wildman–Crippen LogP) is 3.42. The summed E-state index contributed by atoms with van der Waals surface area (Å²) in [5.74, 6) is 3.04. The first kappa shape index (κ1) is 13.4. The number of hydrogen-bond acceptors (Lipinski definition) is 2. The molecule has 0 unspecified atom stereocenters. The molecule has 1 fully saturated rings. The number of halogens is 2. The Labute approximate surface area is 117 Å². The molecule has 1 aliphatic carbocycles. The molecule has 106 valence electrons. The van der Waals surface area contributed by atoms with Crippen molar-refractivity contribution in [3.63, 3.8) is 0 Å². The zero-order chi connectivity index (χ0) is 14.2. The van der Waals surface area contributed by atoms with Gasteiger partial charge in [0.2, 0.25) is 0 Å². The van der Waals surface area contributed by atoms with Crippen LogP contribution < -0.4 is 5.32 Å². The predicted molar refractivity (Wildman–Crippen MR) is 73.8 cm³/mol. The molecule has 0 radical (unpaired) electrons. The van der Waals surface area contributed by atoms with Crippen LogP contribution in [0.5, 0.6) is 0 Å². The molecule has 0 amide bonds. The first-order valence-corrected chi connectivity index (χ1v) is 6.86. The van der Waals surface area contributed by atoms with Gasteiger partial charge < -0.3 is 10.1 Å². The molecule has 1 aromatic carbocycles. The molecule has 0 aromatic heterocycles. The second-order valence-electron chi connectivity index (χ2n) is 5.53. The lowest BCUT2D eigenvalue weighted by molar-refractivity contribution is -0.0294. The second-order valence-corrected chi connectivity index (χ2v) is 5.53. The minimum absolute atomic E-state index is 0.475. The molecule has 4 heteroatoms. The van der Waals surface area contributed by atoms with Crippen LogP contribution in [0.4, 0.5) is 14.5 Å². The van der Waals surface area contributed by atoms with Gasteiger partial charge in [-0.2, -0.15) is 0 Å². The van der Waals surface area contributed by atoms with Crippen LogP contribution in [0.1, 0.15) is 30.9 Å². The molecule has 1 aliphatic heterocycles. The van der Waals surface area contributed by atoms with Crippen molar-refractivity contribution >= 4 is 5.69 Å². The van der Waals surface area contributed by atoms with E-state index in [9.17, 15) is 8.78 Å². The van der Waals surface area contributed by atoms with Crippen LogP contribution in [-0.4, -0.2) is 19.1 Å². The molecule has 3 rings (SSSR count). The average Bonchev–Trinajstić information content (AvgIpc) is 3.20. The number of ether oxygens (including phenoxy) is 1. The first-order valence-electron chi connectivity index (χ1n) is 6.86. The lowest BCUT2D eigenvalue weighted by Gasteiger charge is -2.16. The van der Waals surface area contributed by atoms with Crippen LogP contribution in [0.3, 0.4) is 0 Å². The molecule has 2 nitrogen and oxygen atoms in total. The van der Waals surface area contributed by atoms with Gasteiger partial charge in [-0.1, -0.05) is 17.9 Å². The van der Waals surface area contributed by atoms with E-state index in [2.05, 4.69) is 17.2 Å². The van der Waals surface area contributed by atoms with Crippen molar-refractivity contribution in [1.82, 2.24) is 0 Å². The fourth-order valence-electron chi connectivity index (χ4n) is 2.44. The molecule has 2 aliphatic rings. The largest absolute Gasteiger partial charge is 0.382 e. The van der Waals surface area contributed by atoms with Crippen molar-refractivity contribution in [2.75, 3.05) is 18.5 Å². The molecule has 1 aromatic rings. The fourth-order valence-corrected chi connectivity index (χ4v) is 2.44. The van der Waals surface area contributed by atoms with Crippen molar-refractivity contribution in [2.24, 2.45) is 5.41 Å². The number of hydrogen-bond donors (Lipinski definition) is 1. The topological polar surface area (TPSA) is 21.3 Å². The lowest BCUT2D eigenvalue weighted by Crippen LogP contribution is -2.24. The highest BCUT2D eigenvalue weighted by molar-refractivity contribution is 5.59. The molecule has 0 atom stereocenters. The number of nitrogens with one attached hydrogen (secondary N) is 1. The van der Waals surface area contributed by atoms with Gasteiger partial charge in [-0.25, -0.2) is 8.78 Å². The van der Waals surface area contributed by atoms with Gasteiger partial charge in [-0.3, -0.25) is 0 Å². The lowest BCUT2D eigenvalue weighted by atomic mass is 9.98. The summed E-state index contributed by atoms with van der Waals surface area (Å²) in [7, 11) is 0. The van der Waals surface area contributed by atoms with Gasteiger partial charge in [0.05, 0.1) is 18.6 Å². The maximum atomic E-state index is 13.5. The summed E-state index contributed by atoms with van der Waals surface area (Å²) in [5, 5.41) is 3.27. The normalized spacial score (nSPS) is 19.9. The van der Waals surface area contributed by atoms with E-state index in [0.717, 1.165) is 30.3 Å². The summed E-state index contributed by atoms with van der Waals surface area (Å²) >= 11 is 0. The van der Waals surface area contributed by atoms with Crippen LogP contribution >= 0.6 is 0 Å². The van der Waals surface area contributed by atoms with E-state index in [0.29, 0.717) is 26.1 Å². The van der Waals surface area contributed by atoms with Crippen molar-refractivity contribution in [2.45, 2.75) is 32.3 Å². The van der Waals surface area contributed by atoms with Crippen molar-refractivity contribution in [1.29, 1.82) is 0 Å². The summed E-state index contributed by atoms with van der Waals surface area (Å²) in [5.41, 5.74) is 1.62. The zero-order valence-corrected chi connectivity index (χ0v) is 11.4. The molecular weight excluding hydrogens is 260 g/mol. The van der Waals surface area contributed by atoms with E-state index in [-0.39, 0.29) is 0 Å². The molecular formula is C16H17F2NO. The summed E-state index contributed by atoms with van der Waals surface area (Å²) in [4.78, 5) is 0. The van der Waals surface area contributed by atoms with E-state index in [1.54, 1.807) is 0 Å². The van der Waals surface area contributed by atoms with Gasteiger partial charge in [0.1, 0.15) is 0 Å². The van der Waals surface area contributed by atoms with E-state index in [4.69, 9.17) is 4.74 Å². The van der Waals surface area contributed by atoms with Gasteiger partial charge in [-0.15, -0.1) is 0 Å². The quantitative estimate of drug-likeness (QED) is 0.794. The number of anilines is 1. The Kier molecular flexibility index (Phi) is 3.18. The van der Waals surface area contributed by atoms with Crippen LogP contribution in [0.15, 0.2) is 18.2 Å². The maximum Gasteiger partial charge on any atom is 0.261 e. The van der Waals surface area contributed by atoms with Crippen molar-refractivity contribution < 1.29 is 13.5 Å². The Hall–Kier alpha value is -1.60. The Morgan fingerprint density at radius 3 is 2.85 bits per heavy atom. The van der Waals surface area contributed by atoms with Gasteiger partial charge in [0.15, 0.2) is 0 Å². The van der Waals surface area contributed by atoms with E-state index >= 15 is 0 Å². The third-order valence-electron chi connectivity index (χ3n) is 4.01. The third-order valence-corrected chi connectivity index (χ3v) is 4.01. The van der Waals surface area contributed by atoms with Crippen molar-refractivity contribution in [3.05, 3.63) is 29.3 Å². The standard InChI is InChI=1S/C16H17F2NO/c1-15(17,18)16(7-8-16)6-5-12-3-2-4-14-13(12)11-20-10-9-19-14/h2-4,19H,7-11H2,1H3. The Balaban J connectivity index is 1.93. The Bertz CT molecular complexity index is 576. The second kappa shape index (κ2) is 4.75. The minimum Gasteiger partial charge on any atom is -0.382 e. The van der Waals surface area contributed by atoms with Gasteiger partial charge >= 0.3 is 0 Å². The summed E-state index contributed by atoms with van der Waals surface area (Å²) in [6.45, 7) is 2.83. The Morgan fingerprint density at radius 1 is 1.35 bits per heavy atom. The SMILES string of the molecule is CC(F)(F)C1(C#Cc2cccc3c2COCCN3)CC1. The fraction of sp³-hybridized carbons (Fsp3) is 0.500. The summed E-state index contributed by atoms with van der Waals surface area (Å²) in [6, 6.07) is 5.73. The van der Waals surface area contributed by atoms with Crippen LogP contribution in [0, 0.1) is 17.3 Å². The molecule has 0 saturated heterocycles. The molecule has 20 heavy (non-hydrogen) atoms. The van der Waals surface area contributed by atoms with E-state index in [1.165, 1.54) is 0 Å². The molecule has 1 saturated carbocycles. The smallest absolute Gasteiger partial charge is 0.261 e. The highest BCUT2D eigenvalue weighted by Gasteiger charge is 2.58. The average molecular weight is 277 g/mol. The van der Waals surface area contributed by atoms with Gasteiger partial charge in [0, 0.05) is 30.3 Å². The van der Waals surface area contributed by atoms with Gasteiger partial charge in [0.25, 0.3) is 5.92 Å². The van der Waals surface area contributed by atoms with Gasteiger partial charge in [-0.05, 0) is 25.0 Å². The first-order chi connectivity index (χ1) is 9.52. The number of alkyl halides is 2. The van der Waals surface area contributed by atoms with Crippen molar-refractivity contribution in [3.8, 4) is 11.8 Å². The highest BCUT2D eigenvalue weighted by atomic mass is 19.3. The summed E-state index contributed by atoms with van der Waals surface area (Å²) in [6.07, 6.45) is 0.959. The molecule has 0 spiro atoms. The van der Waals surface area contributed by atoms with Crippen LogP contribution in [-0.2, 0) is 11.3 Å². The highest BCUT2D eigenvalue weighted by Crippen LogP contribution is 2.56. The van der Waals surface area contributed by atoms with Crippen LogP contribution in [0.25, 0.3) is 0 Å². The zero-order valence-electron chi connectivity index (χ0n) is 11.4. The van der Waals surface area contributed by atoms with E-state index in [1.807, 2.05) is 18.2 Å². The Morgan fingerprint density at radius 2 is 2.15 bits per heavy atom. The number of fused-ring (bicyclic) bond motifs is 1. The monoisotopic (exact) mass is 277 g/mol. The molecule has 1 heterocycles. The molecule has 0 bridgehead atoms. The van der Waals surface area contributed by atoms with E-state index < -0.39 is 11.3 Å². The maximum absolute atomic E-state index is 13.5. The molecule has 1 N–H and O–H groups in total. The van der Waals surface area contributed by atoms with Crippen LogP contribution in [0.2, 0.25) is 0 Å². The number of benzene rings is 1. The summed E-state index contributed by atoms with van der Waals surface area (Å²) < 4.78 is 32.6.